The van der Waals surface area contributed by atoms with Crippen molar-refractivity contribution in [2.24, 2.45) is 0 Å². The molecule has 0 aliphatic carbocycles. The molecule has 0 amide bonds. The van der Waals surface area contributed by atoms with Crippen LogP contribution >= 0.6 is 0 Å². The first-order valence-corrected chi connectivity index (χ1v) is 12.5. The van der Waals surface area contributed by atoms with Gasteiger partial charge in [0.05, 0.1) is 24.9 Å². The van der Waals surface area contributed by atoms with Gasteiger partial charge in [-0.2, -0.15) is 0 Å². The van der Waals surface area contributed by atoms with E-state index in [1.807, 2.05) is 13.8 Å². The Hall–Kier alpha value is 0.0569. The summed E-state index contributed by atoms with van der Waals surface area (Å²) in [5.41, 5.74) is 0. The summed E-state index contributed by atoms with van der Waals surface area (Å²) in [7, 11) is -1.78. The maximum absolute atomic E-state index is 6.73. The molecular weight excluding hydrogens is 320 g/mol. The average Bonchev–Trinajstić information content (AvgIpc) is 2.65. The van der Waals surface area contributed by atoms with Crippen LogP contribution in [0.3, 0.4) is 0 Å². The fourth-order valence-corrected chi connectivity index (χ4v) is 4.57. The summed E-state index contributed by atoms with van der Waals surface area (Å²) in [6.07, 6.45) is 6.02. The molecule has 0 bridgehead atoms. The Balaban J connectivity index is 1.94. The third-order valence-electron chi connectivity index (χ3n) is 5.72. The summed E-state index contributed by atoms with van der Waals surface area (Å²) in [6, 6.07) is 0. The monoisotopic (exact) mass is 358 g/mol. The predicted molar refractivity (Wildman–Crippen MR) is 99.8 cm³/mol. The predicted octanol–water partition coefficient (Wildman–Crippen LogP) is 4.88. The highest BCUT2D eigenvalue weighted by Crippen LogP contribution is 2.39. The molecule has 24 heavy (non-hydrogen) atoms. The second kappa shape index (κ2) is 7.75. The molecule has 2 aliphatic heterocycles. The molecule has 5 heteroatoms. The maximum Gasteiger partial charge on any atom is 0.192 e. The molecule has 4 nitrogen and oxygen atoms in total. The minimum Gasteiger partial charge on any atom is -0.411 e. The van der Waals surface area contributed by atoms with Gasteiger partial charge >= 0.3 is 0 Å². The van der Waals surface area contributed by atoms with Crippen molar-refractivity contribution in [3.05, 3.63) is 0 Å². The van der Waals surface area contributed by atoms with Crippen molar-refractivity contribution < 1.29 is 18.6 Å². The van der Waals surface area contributed by atoms with Gasteiger partial charge in [0.15, 0.2) is 14.1 Å². The Labute approximate surface area is 149 Å². The molecule has 2 saturated heterocycles. The second-order valence-electron chi connectivity index (χ2n) is 9.35. The highest BCUT2D eigenvalue weighted by Gasteiger charge is 2.41. The second-order valence-corrected chi connectivity index (χ2v) is 14.1. The van der Waals surface area contributed by atoms with Gasteiger partial charge in [0.2, 0.25) is 0 Å². The van der Waals surface area contributed by atoms with Crippen molar-refractivity contribution in [1.82, 2.24) is 0 Å². The van der Waals surface area contributed by atoms with E-state index in [0.29, 0.717) is 6.61 Å². The van der Waals surface area contributed by atoms with Crippen molar-refractivity contribution in [3.8, 4) is 0 Å². The molecule has 2 aliphatic rings. The highest BCUT2D eigenvalue weighted by atomic mass is 28.4. The molecule has 1 unspecified atom stereocenters. The van der Waals surface area contributed by atoms with Crippen LogP contribution in [-0.4, -0.2) is 45.6 Å². The summed E-state index contributed by atoms with van der Waals surface area (Å²) < 4.78 is 24.6. The van der Waals surface area contributed by atoms with E-state index >= 15 is 0 Å². The number of rotatable bonds is 5. The summed E-state index contributed by atoms with van der Waals surface area (Å²) >= 11 is 0. The van der Waals surface area contributed by atoms with E-state index in [0.717, 1.165) is 32.3 Å². The summed E-state index contributed by atoms with van der Waals surface area (Å²) in [4.78, 5) is 0. The van der Waals surface area contributed by atoms with Gasteiger partial charge in [0.1, 0.15) is 0 Å². The van der Waals surface area contributed by atoms with Crippen LogP contribution in [0, 0.1) is 0 Å². The largest absolute Gasteiger partial charge is 0.411 e. The number of hydrogen-bond donors (Lipinski definition) is 0. The molecule has 0 N–H and O–H groups in total. The topological polar surface area (TPSA) is 36.9 Å². The normalized spacial score (nSPS) is 31.9. The first kappa shape index (κ1) is 20.4. The smallest absolute Gasteiger partial charge is 0.192 e. The van der Waals surface area contributed by atoms with Crippen LogP contribution in [0.4, 0.5) is 0 Å². The zero-order valence-corrected chi connectivity index (χ0v) is 17.8. The first-order chi connectivity index (χ1) is 11.0. The fourth-order valence-electron chi connectivity index (χ4n) is 3.19. The lowest BCUT2D eigenvalue weighted by Gasteiger charge is -2.41. The van der Waals surface area contributed by atoms with Gasteiger partial charge in [-0.1, -0.05) is 20.8 Å². The van der Waals surface area contributed by atoms with Crippen LogP contribution in [0.2, 0.25) is 18.1 Å². The molecule has 0 aromatic carbocycles. The van der Waals surface area contributed by atoms with Crippen molar-refractivity contribution >= 4 is 8.32 Å². The first-order valence-electron chi connectivity index (χ1n) is 9.61. The van der Waals surface area contributed by atoms with Gasteiger partial charge in [0, 0.05) is 6.61 Å². The Morgan fingerprint density at radius 2 is 1.83 bits per heavy atom. The molecule has 0 radical (unpaired) electrons. The highest BCUT2D eigenvalue weighted by molar-refractivity contribution is 6.74. The fraction of sp³-hybridized carbons (Fsp3) is 1.00. The molecule has 0 saturated carbocycles. The van der Waals surface area contributed by atoms with Gasteiger partial charge in [-0.05, 0) is 64.1 Å². The Bertz CT molecular complexity index is 403. The molecular formula is C19H38O4Si. The molecule has 2 fully saturated rings. The Kier molecular flexibility index (Phi) is 6.57. The van der Waals surface area contributed by atoms with Crippen molar-refractivity contribution in [3.63, 3.8) is 0 Å². The van der Waals surface area contributed by atoms with Crippen LogP contribution in [0.5, 0.6) is 0 Å². The van der Waals surface area contributed by atoms with Crippen LogP contribution < -0.4 is 0 Å². The average molecular weight is 359 g/mol. The van der Waals surface area contributed by atoms with Gasteiger partial charge in [-0.15, -0.1) is 0 Å². The lowest BCUT2D eigenvalue weighted by Crippen LogP contribution is -2.47. The van der Waals surface area contributed by atoms with Crippen LogP contribution in [0.15, 0.2) is 0 Å². The van der Waals surface area contributed by atoms with Crippen molar-refractivity contribution in [2.75, 3.05) is 13.2 Å². The minimum atomic E-state index is -1.78. The third kappa shape index (κ3) is 5.53. The molecule has 142 valence electrons. The lowest BCUT2D eigenvalue weighted by atomic mass is 10.0. The van der Waals surface area contributed by atoms with E-state index in [-0.39, 0.29) is 23.4 Å². The summed E-state index contributed by atoms with van der Waals surface area (Å²) in [6.45, 7) is 17.1. The summed E-state index contributed by atoms with van der Waals surface area (Å²) in [5, 5.41) is 0.232. The van der Waals surface area contributed by atoms with E-state index < -0.39 is 14.1 Å². The van der Waals surface area contributed by atoms with Crippen LogP contribution in [0.1, 0.15) is 66.7 Å². The molecule has 2 rings (SSSR count). The standard InChI is InChI=1S/C19H38O4Si/c1-18(2,3)24(6,7)23-17-10-8-9-13-20-16(17)12-11-15-14-21-19(4,5)22-15/h15-17H,8-14H2,1-7H3/t15?,16-,17+/m1/s1. The molecule has 0 aromatic heterocycles. The summed E-state index contributed by atoms with van der Waals surface area (Å²) in [5.74, 6) is -0.438. The van der Waals surface area contributed by atoms with Gasteiger partial charge in [0.25, 0.3) is 0 Å². The maximum atomic E-state index is 6.73. The van der Waals surface area contributed by atoms with Gasteiger partial charge in [-0.25, -0.2) is 0 Å². The minimum absolute atomic E-state index is 0.181. The molecule has 0 aromatic rings. The van der Waals surface area contributed by atoms with E-state index in [9.17, 15) is 0 Å². The van der Waals surface area contributed by atoms with Gasteiger partial charge in [-0.3, -0.25) is 0 Å². The Morgan fingerprint density at radius 3 is 2.42 bits per heavy atom. The third-order valence-corrected chi connectivity index (χ3v) is 10.2. The van der Waals surface area contributed by atoms with Crippen molar-refractivity contribution in [2.45, 2.75) is 109 Å². The molecule has 0 spiro atoms. The van der Waals surface area contributed by atoms with Gasteiger partial charge < -0.3 is 18.6 Å². The van der Waals surface area contributed by atoms with Crippen LogP contribution in [-0.2, 0) is 18.6 Å². The van der Waals surface area contributed by atoms with E-state index in [1.165, 1.54) is 6.42 Å². The van der Waals surface area contributed by atoms with Crippen LogP contribution in [0.25, 0.3) is 0 Å². The number of hydrogen-bond acceptors (Lipinski definition) is 4. The Morgan fingerprint density at radius 1 is 1.12 bits per heavy atom. The van der Waals surface area contributed by atoms with E-state index in [2.05, 4.69) is 33.9 Å². The van der Waals surface area contributed by atoms with Crippen molar-refractivity contribution in [1.29, 1.82) is 0 Å². The molecule has 3 atom stereocenters. The molecule has 2 heterocycles. The zero-order chi connectivity index (χ0) is 18.0. The quantitative estimate of drug-likeness (QED) is 0.657. The SMILES string of the molecule is CC1(C)OCC(CC[C@H]2OCCCC[C@@H]2O[Si](C)(C)C(C)(C)C)O1. The van der Waals surface area contributed by atoms with E-state index in [4.69, 9.17) is 18.6 Å². The number of ether oxygens (including phenoxy) is 3. The lowest BCUT2D eigenvalue weighted by molar-refractivity contribution is -0.140. The zero-order valence-electron chi connectivity index (χ0n) is 16.8. The van der Waals surface area contributed by atoms with E-state index in [1.54, 1.807) is 0 Å².